The van der Waals surface area contributed by atoms with Gasteiger partial charge in [-0.1, -0.05) is 12.2 Å². The lowest BCUT2D eigenvalue weighted by Gasteiger charge is -2.05. The van der Waals surface area contributed by atoms with E-state index in [9.17, 15) is 4.79 Å². The predicted octanol–water partition coefficient (Wildman–Crippen LogP) is 0.808. The molecule has 0 radical (unpaired) electrons. The average molecular weight is 252 g/mol. The Labute approximate surface area is 107 Å². The molecule has 0 atom stereocenters. The monoisotopic (exact) mass is 252 g/mol. The molecule has 0 aliphatic rings. The Bertz CT molecular complexity index is 426. The van der Waals surface area contributed by atoms with Crippen molar-refractivity contribution in [2.24, 2.45) is 0 Å². The molecule has 1 aromatic heterocycles. The van der Waals surface area contributed by atoms with E-state index in [4.69, 9.17) is 10.5 Å². The number of hydrogen-bond acceptors (Lipinski definition) is 4. The fraction of sp³-hybridized carbons (Fsp3) is 0.500. The van der Waals surface area contributed by atoms with Gasteiger partial charge < -0.3 is 15.8 Å². The van der Waals surface area contributed by atoms with Crippen molar-refractivity contribution in [3.63, 3.8) is 0 Å². The summed E-state index contributed by atoms with van der Waals surface area (Å²) in [6.07, 6.45) is 1.65. The lowest BCUT2D eigenvalue weighted by atomic mass is 10.3. The molecule has 1 heterocycles. The van der Waals surface area contributed by atoms with E-state index in [0.717, 1.165) is 5.57 Å². The van der Waals surface area contributed by atoms with Crippen molar-refractivity contribution < 1.29 is 9.53 Å². The van der Waals surface area contributed by atoms with Gasteiger partial charge in [0.1, 0.15) is 0 Å². The summed E-state index contributed by atoms with van der Waals surface area (Å²) in [5.41, 5.74) is 7.30. The summed E-state index contributed by atoms with van der Waals surface area (Å²) >= 11 is 0. The van der Waals surface area contributed by atoms with E-state index in [1.165, 1.54) is 0 Å². The minimum Gasteiger partial charge on any atom is -0.396 e. The smallest absolute Gasteiger partial charge is 0.274 e. The maximum atomic E-state index is 11.8. The summed E-state index contributed by atoms with van der Waals surface area (Å²) in [4.78, 5) is 11.8. The standard InChI is InChI=1S/C12H20N4O2/c1-4-16-7-10(13)11(15-16)12(17)14-5-6-18-8-9(2)3/h7H,2,4-6,8,13H2,1,3H3,(H,14,17). The van der Waals surface area contributed by atoms with E-state index < -0.39 is 0 Å². The van der Waals surface area contributed by atoms with Crippen LogP contribution in [0.25, 0.3) is 0 Å². The number of aryl methyl sites for hydroxylation is 1. The van der Waals surface area contributed by atoms with Gasteiger partial charge in [0.25, 0.3) is 5.91 Å². The van der Waals surface area contributed by atoms with Gasteiger partial charge in [-0.25, -0.2) is 0 Å². The Morgan fingerprint density at radius 2 is 2.39 bits per heavy atom. The van der Waals surface area contributed by atoms with Crippen LogP contribution in [-0.2, 0) is 11.3 Å². The molecule has 0 spiro atoms. The minimum atomic E-state index is -0.279. The van der Waals surface area contributed by atoms with Crippen molar-refractivity contribution in [1.82, 2.24) is 15.1 Å². The number of hydrogen-bond donors (Lipinski definition) is 2. The molecule has 0 bridgehead atoms. The summed E-state index contributed by atoms with van der Waals surface area (Å²) in [6.45, 7) is 9.57. The van der Waals surface area contributed by atoms with Gasteiger partial charge in [-0.05, 0) is 13.8 Å². The Hall–Kier alpha value is -1.82. The maximum Gasteiger partial charge on any atom is 0.274 e. The van der Waals surface area contributed by atoms with Crippen LogP contribution in [0.5, 0.6) is 0 Å². The van der Waals surface area contributed by atoms with Crippen LogP contribution >= 0.6 is 0 Å². The molecular formula is C12H20N4O2. The Morgan fingerprint density at radius 1 is 1.67 bits per heavy atom. The summed E-state index contributed by atoms with van der Waals surface area (Å²) < 4.78 is 6.89. The van der Waals surface area contributed by atoms with Gasteiger partial charge in [0.05, 0.1) is 18.9 Å². The zero-order chi connectivity index (χ0) is 13.5. The van der Waals surface area contributed by atoms with E-state index in [1.807, 2.05) is 13.8 Å². The van der Waals surface area contributed by atoms with Crippen LogP contribution in [0.4, 0.5) is 5.69 Å². The Balaban J connectivity index is 2.36. The molecular weight excluding hydrogens is 232 g/mol. The average Bonchev–Trinajstić information content (AvgIpc) is 2.69. The van der Waals surface area contributed by atoms with Crippen molar-refractivity contribution in [3.8, 4) is 0 Å². The van der Waals surface area contributed by atoms with Crippen LogP contribution in [0.1, 0.15) is 24.3 Å². The van der Waals surface area contributed by atoms with Crippen molar-refractivity contribution in [2.75, 3.05) is 25.5 Å². The molecule has 1 aromatic rings. The molecule has 6 nitrogen and oxygen atoms in total. The Kier molecular flexibility index (Phi) is 5.38. The zero-order valence-electron chi connectivity index (χ0n) is 10.9. The number of carbonyl (C=O) groups is 1. The molecule has 0 aliphatic carbocycles. The van der Waals surface area contributed by atoms with E-state index in [2.05, 4.69) is 17.0 Å². The second kappa shape index (κ2) is 6.80. The highest BCUT2D eigenvalue weighted by Gasteiger charge is 2.13. The third kappa shape index (κ3) is 4.21. The highest BCUT2D eigenvalue weighted by molar-refractivity contribution is 5.96. The van der Waals surface area contributed by atoms with Crippen molar-refractivity contribution in [2.45, 2.75) is 20.4 Å². The second-order valence-corrected chi connectivity index (χ2v) is 4.05. The number of carbonyl (C=O) groups excluding carboxylic acids is 1. The Morgan fingerprint density at radius 3 is 2.94 bits per heavy atom. The quantitative estimate of drug-likeness (QED) is 0.555. The number of aromatic nitrogens is 2. The van der Waals surface area contributed by atoms with Gasteiger partial charge in [0, 0.05) is 19.3 Å². The van der Waals surface area contributed by atoms with Gasteiger partial charge >= 0.3 is 0 Å². The summed E-state index contributed by atoms with van der Waals surface area (Å²) in [5, 5.41) is 6.78. The number of nitrogens with zero attached hydrogens (tertiary/aromatic N) is 2. The third-order valence-electron chi connectivity index (χ3n) is 2.21. The second-order valence-electron chi connectivity index (χ2n) is 4.05. The SMILES string of the molecule is C=C(C)COCCNC(=O)c1nn(CC)cc1N. The lowest BCUT2D eigenvalue weighted by molar-refractivity contribution is 0.0922. The first-order chi connectivity index (χ1) is 8.54. The fourth-order valence-corrected chi connectivity index (χ4v) is 1.34. The van der Waals surface area contributed by atoms with Gasteiger partial charge in [-0.15, -0.1) is 0 Å². The molecule has 18 heavy (non-hydrogen) atoms. The van der Waals surface area contributed by atoms with Crippen LogP contribution < -0.4 is 11.1 Å². The number of amides is 1. The molecule has 0 aromatic carbocycles. The molecule has 0 fully saturated rings. The molecule has 100 valence electrons. The van der Waals surface area contributed by atoms with Crippen LogP contribution in [0.2, 0.25) is 0 Å². The molecule has 6 heteroatoms. The number of anilines is 1. The van der Waals surface area contributed by atoms with Crippen molar-refractivity contribution >= 4 is 11.6 Å². The van der Waals surface area contributed by atoms with E-state index in [-0.39, 0.29) is 11.6 Å². The van der Waals surface area contributed by atoms with E-state index >= 15 is 0 Å². The first kappa shape index (κ1) is 14.2. The van der Waals surface area contributed by atoms with E-state index in [0.29, 0.717) is 32.0 Å². The zero-order valence-corrected chi connectivity index (χ0v) is 10.9. The minimum absolute atomic E-state index is 0.261. The molecule has 0 aliphatic heterocycles. The largest absolute Gasteiger partial charge is 0.396 e. The number of nitrogens with two attached hydrogens (primary N) is 1. The first-order valence-electron chi connectivity index (χ1n) is 5.87. The number of ether oxygens (including phenoxy) is 1. The van der Waals surface area contributed by atoms with E-state index in [1.54, 1.807) is 10.9 Å². The molecule has 0 unspecified atom stereocenters. The van der Waals surface area contributed by atoms with Crippen LogP contribution in [0.3, 0.4) is 0 Å². The topological polar surface area (TPSA) is 82.2 Å². The van der Waals surface area contributed by atoms with Gasteiger partial charge in [-0.3, -0.25) is 9.48 Å². The first-order valence-corrected chi connectivity index (χ1v) is 5.87. The van der Waals surface area contributed by atoms with Gasteiger partial charge in [0.15, 0.2) is 5.69 Å². The number of nitrogen functional groups attached to an aromatic ring is 1. The fourth-order valence-electron chi connectivity index (χ4n) is 1.34. The summed E-state index contributed by atoms with van der Waals surface area (Å²) in [6, 6.07) is 0. The highest BCUT2D eigenvalue weighted by Crippen LogP contribution is 2.08. The molecule has 0 saturated heterocycles. The summed E-state index contributed by atoms with van der Waals surface area (Å²) in [7, 11) is 0. The molecule has 1 rings (SSSR count). The van der Waals surface area contributed by atoms with Crippen LogP contribution in [0.15, 0.2) is 18.3 Å². The maximum absolute atomic E-state index is 11.8. The number of nitrogens with one attached hydrogen (secondary N) is 1. The summed E-state index contributed by atoms with van der Waals surface area (Å²) in [5.74, 6) is -0.279. The van der Waals surface area contributed by atoms with Crippen LogP contribution in [0, 0.1) is 0 Å². The number of rotatable bonds is 7. The normalized spacial score (nSPS) is 10.3. The molecule has 3 N–H and O–H groups in total. The van der Waals surface area contributed by atoms with Crippen molar-refractivity contribution in [3.05, 3.63) is 24.0 Å². The van der Waals surface area contributed by atoms with Gasteiger partial charge in [0.2, 0.25) is 0 Å². The molecule has 1 amide bonds. The van der Waals surface area contributed by atoms with Crippen molar-refractivity contribution in [1.29, 1.82) is 0 Å². The highest BCUT2D eigenvalue weighted by atomic mass is 16.5. The predicted molar refractivity (Wildman–Crippen MR) is 70.3 cm³/mol. The third-order valence-corrected chi connectivity index (χ3v) is 2.21. The van der Waals surface area contributed by atoms with Crippen LogP contribution in [-0.4, -0.2) is 35.4 Å². The molecule has 0 saturated carbocycles. The lowest BCUT2D eigenvalue weighted by Crippen LogP contribution is -2.28. The van der Waals surface area contributed by atoms with Gasteiger partial charge in [-0.2, -0.15) is 5.10 Å².